The van der Waals surface area contributed by atoms with Crippen LogP contribution in [0.15, 0.2) is 24.3 Å². The van der Waals surface area contributed by atoms with Crippen LogP contribution in [0.5, 0.6) is 0 Å². The number of ether oxygens (including phenoxy) is 1. The van der Waals surface area contributed by atoms with Crippen molar-refractivity contribution in [1.82, 2.24) is 14.8 Å². The van der Waals surface area contributed by atoms with Crippen LogP contribution in [0.4, 0.5) is 4.79 Å². The molecule has 0 radical (unpaired) electrons. The van der Waals surface area contributed by atoms with E-state index in [1.165, 1.54) is 4.70 Å². The van der Waals surface area contributed by atoms with Crippen LogP contribution in [0.2, 0.25) is 0 Å². The van der Waals surface area contributed by atoms with Crippen LogP contribution in [-0.4, -0.2) is 52.7 Å². The van der Waals surface area contributed by atoms with E-state index in [0.717, 1.165) is 30.2 Å². The summed E-state index contributed by atoms with van der Waals surface area (Å²) in [5.74, 6) is 0. The number of hydrogen-bond acceptors (Lipinski definition) is 5. The molecule has 0 saturated carbocycles. The molecule has 0 bridgehead atoms. The third-order valence-electron chi connectivity index (χ3n) is 3.72. The molecule has 1 amide bonds. The smallest absolute Gasteiger partial charge is 0.410 e. The topological polar surface area (TPSA) is 45.7 Å². The zero-order valence-electron chi connectivity index (χ0n) is 13.9. The summed E-state index contributed by atoms with van der Waals surface area (Å²) in [5, 5.41) is 1.14. The van der Waals surface area contributed by atoms with Crippen LogP contribution in [-0.2, 0) is 11.3 Å². The van der Waals surface area contributed by atoms with Gasteiger partial charge in [0, 0.05) is 26.2 Å². The van der Waals surface area contributed by atoms with Crippen molar-refractivity contribution in [2.75, 3.05) is 26.2 Å². The number of nitrogens with zero attached hydrogens (tertiary/aromatic N) is 3. The number of thiazole rings is 1. The fraction of sp³-hybridized carbons (Fsp3) is 0.529. The fourth-order valence-corrected chi connectivity index (χ4v) is 3.60. The van der Waals surface area contributed by atoms with Crippen molar-refractivity contribution in [2.45, 2.75) is 32.9 Å². The van der Waals surface area contributed by atoms with E-state index >= 15 is 0 Å². The van der Waals surface area contributed by atoms with Gasteiger partial charge in [0.15, 0.2) is 0 Å². The van der Waals surface area contributed by atoms with E-state index in [0.29, 0.717) is 13.1 Å². The minimum atomic E-state index is -0.435. The van der Waals surface area contributed by atoms with E-state index in [1.54, 1.807) is 16.2 Å². The van der Waals surface area contributed by atoms with Gasteiger partial charge in [0.05, 0.1) is 16.8 Å². The van der Waals surface area contributed by atoms with Crippen molar-refractivity contribution in [3.05, 3.63) is 29.3 Å². The van der Waals surface area contributed by atoms with Crippen LogP contribution < -0.4 is 0 Å². The summed E-state index contributed by atoms with van der Waals surface area (Å²) in [6.45, 7) is 9.67. The monoisotopic (exact) mass is 333 g/mol. The number of piperazine rings is 1. The molecule has 0 atom stereocenters. The fourth-order valence-electron chi connectivity index (χ4n) is 2.59. The number of rotatable bonds is 2. The van der Waals surface area contributed by atoms with E-state index in [4.69, 9.17) is 4.74 Å². The first-order valence-corrected chi connectivity index (χ1v) is 8.77. The highest BCUT2D eigenvalue weighted by molar-refractivity contribution is 7.18. The Bertz CT molecular complexity index is 651. The molecule has 3 rings (SSSR count). The van der Waals surface area contributed by atoms with Gasteiger partial charge in [-0.1, -0.05) is 12.1 Å². The summed E-state index contributed by atoms with van der Waals surface area (Å²) in [6.07, 6.45) is -0.211. The Morgan fingerprint density at radius 1 is 1.22 bits per heavy atom. The Morgan fingerprint density at radius 2 is 1.91 bits per heavy atom. The van der Waals surface area contributed by atoms with Crippen molar-refractivity contribution in [3.8, 4) is 0 Å². The zero-order chi connectivity index (χ0) is 16.4. The number of carbonyl (C=O) groups is 1. The van der Waals surface area contributed by atoms with E-state index < -0.39 is 5.60 Å². The first-order valence-electron chi connectivity index (χ1n) is 7.95. The number of carbonyl (C=O) groups excluding carboxylic acids is 1. The highest BCUT2D eigenvalue weighted by atomic mass is 32.1. The van der Waals surface area contributed by atoms with Gasteiger partial charge in [-0.15, -0.1) is 11.3 Å². The van der Waals surface area contributed by atoms with Crippen LogP contribution in [0, 0.1) is 0 Å². The van der Waals surface area contributed by atoms with Crippen molar-refractivity contribution in [1.29, 1.82) is 0 Å². The van der Waals surface area contributed by atoms with Crippen molar-refractivity contribution in [2.24, 2.45) is 0 Å². The lowest BCUT2D eigenvalue weighted by molar-refractivity contribution is 0.0139. The lowest BCUT2D eigenvalue weighted by Crippen LogP contribution is -2.49. The van der Waals surface area contributed by atoms with E-state index in [2.05, 4.69) is 22.0 Å². The molecule has 0 aliphatic carbocycles. The molecule has 5 nitrogen and oxygen atoms in total. The largest absolute Gasteiger partial charge is 0.444 e. The van der Waals surface area contributed by atoms with Gasteiger partial charge in [0.1, 0.15) is 10.6 Å². The molecule has 1 aromatic heterocycles. The molecule has 1 aromatic carbocycles. The minimum Gasteiger partial charge on any atom is -0.444 e. The van der Waals surface area contributed by atoms with Gasteiger partial charge in [0.25, 0.3) is 0 Å². The first-order chi connectivity index (χ1) is 10.9. The summed E-state index contributed by atoms with van der Waals surface area (Å²) in [5.41, 5.74) is 0.634. The SMILES string of the molecule is CC(C)(C)OC(=O)N1CCN(Cc2nc3ccccc3s2)CC1. The average Bonchev–Trinajstić information content (AvgIpc) is 2.88. The molecule has 2 heterocycles. The maximum absolute atomic E-state index is 12.1. The lowest BCUT2D eigenvalue weighted by Gasteiger charge is -2.35. The maximum atomic E-state index is 12.1. The van der Waals surface area contributed by atoms with Gasteiger partial charge in [0.2, 0.25) is 0 Å². The van der Waals surface area contributed by atoms with E-state index in [1.807, 2.05) is 32.9 Å². The Morgan fingerprint density at radius 3 is 2.57 bits per heavy atom. The molecule has 0 unspecified atom stereocenters. The second-order valence-electron chi connectivity index (χ2n) is 6.82. The van der Waals surface area contributed by atoms with Gasteiger partial charge in [-0.3, -0.25) is 4.90 Å². The molecular formula is C17H23N3O2S. The van der Waals surface area contributed by atoms with Crippen molar-refractivity contribution < 1.29 is 9.53 Å². The zero-order valence-corrected chi connectivity index (χ0v) is 14.7. The normalized spacial score (nSPS) is 16.7. The second kappa shape index (κ2) is 6.45. The molecule has 124 valence electrons. The van der Waals surface area contributed by atoms with Crippen LogP contribution >= 0.6 is 11.3 Å². The van der Waals surface area contributed by atoms with Crippen LogP contribution in [0.3, 0.4) is 0 Å². The molecule has 1 aliphatic rings. The number of benzene rings is 1. The number of hydrogen-bond donors (Lipinski definition) is 0. The molecule has 2 aromatic rings. The highest BCUT2D eigenvalue weighted by Crippen LogP contribution is 2.23. The summed E-state index contributed by atoms with van der Waals surface area (Å²) in [4.78, 5) is 20.9. The van der Waals surface area contributed by atoms with Crippen molar-refractivity contribution in [3.63, 3.8) is 0 Å². The van der Waals surface area contributed by atoms with Gasteiger partial charge >= 0.3 is 6.09 Å². The van der Waals surface area contributed by atoms with Gasteiger partial charge in [-0.2, -0.15) is 0 Å². The number of aromatic nitrogens is 1. The number of fused-ring (bicyclic) bond motifs is 1. The Hall–Kier alpha value is -1.66. The predicted octanol–water partition coefficient (Wildman–Crippen LogP) is 3.35. The predicted molar refractivity (Wildman–Crippen MR) is 92.7 cm³/mol. The van der Waals surface area contributed by atoms with Gasteiger partial charge < -0.3 is 9.64 Å². The minimum absolute atomic E-state index is 0.211. The number of para-hydroxylation sites is 1. The molecule has 23 heavy (non-hydrogen) atoms. The number of amides is 1. The summed E-state index contributed by atoms with van der Waals surface area (Å²) < 4.78 is 6.66. The summed E-state index contributed by atoms with van der Waals surface area (Å²) in [6, 6.07) is 8.22. The Labute approximate surface area is 140 Å². The molecule has 0 N–H and O–H groups in total. The standard InChI is InChI=1S/C17H23N3O2S/c1-17(2,3)22-16(21)20-10-8-19(9-11-20)12-15-18-13-6-4-5-7-14(13)23-15/h4-7H,8-12H2,1-3H3. The second-order valence-corrected chi connectivity index (χ2v) is 7.93. The van der Waals surface area contributed by atoms with Gasteiger partial charge in [-0.25, -0.2) is 9.78 Å². The molecule has 6 heteroatoms. The molecule has 1 fully saturated rings. The molecule has 0 spiro atoms. The summed E-state index contributed by atoms with van der Waals surface area (Å²) in [7, 11) is 0. The average molecular weight is 333 g/mol. The first kappa shape index (κ1) is 16.2. The van der Waals surface area contributed by atoms with E-state index in [-0.39, 0.29) is 6.09 Å². The Balaban J connectivity index is 1.54. The molecule has 1 saturated heterocycles. The third-order valence-corrected chi connectivity index (χ3v) is 4.74. The third kappa shape index (κ3) is 4.20. The van der Waals surface area contributed by atoms with Crippen LogP contribution in [0.25, 0.3) is 10.2 Å². The molecular weight excluding hydrogens is 310 g/mol. The van der Waals surface area contributed by atoms with Crippen LogP contribution in [0.1, 0.15) is 25.8 Å². The van der Waals surface area contributed by atoms with Crippen molar-refractivity contribution >= 4 is 27.6 Å². The Kier molecular flexibility index (Phi) is 4.55. The van der Waals surface area contributed by atoms with E-state index in [9.17, 15) is 4.79 Å². The highest BCUT2D eigenvalue weighted by Gasteiger charge is 2.26. The quantitative estimate of drug-likeness (QED) is 0.845. The maximum Gasteiger partial charge on any atom is 0.410 e. The lowest BCUT2D eigenvalue weighted by atomic mass is 10.2. The van der Waals surface area contributed by atoms with Gasteiger partial charge in [-0.05, 0) is 32.9 Å². The summed E-state index contributed by atoms with van der Waals surface area (Å²) >= 11 is 1.75. The molecule has 1 aliphatic heterocycles.